The van der Waals surface area contributed by atoms with Gasteiger partial charge in [0, 0.05) is 0 Å². The average molecular weight is 279 g/mol. The monoisotopic (exact) mass is 279 g/mol. The smallest absolute Gasteiger partial charge is 0.370 e. The van der Waals surface area contributed by atoms with Gasteiger partial charge in [-0.05, 0) is 36.7 Å². The van der Waals surface area contributed by atoms with E-state index in [0.29, 0.717) is 17.7 Å². The molecular weight excluding hydrogens is 262 g/mol. The van der Waals surface area contributed by atoms with Crippen LogP contribution in [0.3, 0.4) is 0 Å². The third-order valence-corrected chi connectivity index (χ3v) is 2.47. The van der Waals surface area contributed by atoms with Crippen LogP contribution in [0.1, 0.15) is 24.1 Å². The van der Waals surface area contributed by atoms with Crippen molar-refractivity contribution in [3.8, 4) is 0 Å². The van der Waals surface area contributed by atoms with E-state index in [9.17, 15) is 17.6 Å². The van der Waals surface area contributed by atoms with Crippen LogP contribution in [0.15, 0.2) is 18.2 Å². The zero-order valence-corrected chi connectivity index (χ0v) is 10.9. The Bertz CT molecular complexity index is 386. The molecule has 0 saturated carbocycles. The lowest BCUT2D eigenvalue weighted by Gasteiger charge is -2.19. The summed E-state index contributed by atoms with van der Waals surface area (Å²) in [7, 11) is 0. The van der Waals surface area contributed by atoms with Crippen LogP contribution in [-0.2, 0) is 4.74 Å². The first-order valence-electron chi connectivity index (χ1n) is 5.97. The molecule has 0 amide bonds. The number of halogens is 4. The minimum atomic E-state index is -4.35. The van der Waals surface area contributed by atoms with Crippen molar-refractivity contribution in [2.24, 2.45) is 0 Å². The molecule has 1 rings (SSSR count). The summed E-state index contributed by atoms with van der Waals surface area (Å²) < 4.78 is 54.0. The summed E-state index contributed by atoms with van der Waals surface area (Å²) in [6, 6.07) is 3.94. The number of hydrogen-bond acceptors (Lipinski definition) is 2. The van der Waals surface area contributed by atoms with Crippen LogP contribution in [0.4, 0.5) is 17.6 Å². The largest absolute Gasteiger partial charge is 0.411 e. The van der Waals surface area contributed by atoms with E-state index in [0.717, 1.165) is 0 Å². The van der Waals surface area contributed by atoms with Gasteiger partial charge in [-0.15, -0.1) is 0 Å². The summed E-state index contributed by atoms with van der Waals surface area (Å²) in [4.78, 5) is 0. The van der Waals surface area contributed by atoms with Gasteiger partial charge in [0.15, 0.2) is 0 Å². The average Bonchev–Trinajstić information content (AvgIpc) is 2.25. The highest BCUT2D eigenvalue weighted by Crippen LogP contribution is 2.19. The lowest BCUT2D eigenvalue weighted by molar-refractivity contribution is -0.175. The minimum absolute atomic E-state index is 0.157. The van der Waals surface area contributed by atoms with Crippen molar-refractivity contribution in [2.75, 3.05) is 19.8 Å². The molecule has 0 aliphatic rings. The predicted molar refractivity (Wildman–Crippen MR) is 64.4 cm³/mol. The zero-order chi connectivity index (χ0) is 14.5. The van der Waals surface area contributed by atoms with Gasteiger partial charge in [-0.1, -0.05) is 13.0 Å². The molecule has 19 heavy (non-hydrogen) atoms. The van der Waals surface area contributed by atoms with Gasteiger partial charge >= 0.3 is 6.18 Å². The molecule has 2 nitrogen and oxygen atoms in total. The molecule has 0 heterocycles. The van der Waals surface area contributed by atoms with Crippen molar-refractivity contribution in [3.63, 3.8) is 0 Å². The number of ether oxygens (including phenoxy) is 1. The maximum atomic E-state index is 13.3. The van der Waals surface area contributed by atoms with E-state index >= 15 is 0 Å². The van der Waals surface area contributed by atoms with E-state index in [1.54, 1.807) is 13.0 Å². The first kappa shape index (κ1) is 15.9. The lowest BCUT2D eigenvalue weighted by atomic mass is 10.0. The number of aryl methyl sites for hydroxylation is 1. The highest BCUT2D eigenvalue weighted by molar-refractivity contribution is 5.26. The van der Waals surface area contributed by atoms with Crippen LogP contribution in [0.5, 0.6) is 0 Å². The van der Waals surface area contributed by atoms with E-state index in [-0.39, 0.29) is 6.61 Å². The molecule has 0 fully saturated rings. The molecule has 1 aromatic carbocycles. The van der Waals surface area contributed by atoms with Gasteiger partial charge in [0.1, 0.15) is 12.4 Å². The van der Waals surface area contributed by atoms with Crippen LogP contribution in [0.2, 0.25) is 0 Å². The first-order valence-corrected chi connectivity index (χ1v) is 5.97. The fourth-order valence-corrected chi connectivity index (χ4v) is 1.78. The number of nitrogens with one attached hydrogen (secondary N) is 1. The Balaban J connectivity index is 2.71. The Morgan fingerprint density at radius 2 is 1.95 bits per heavy atom. The van der Waals surface area contributed by atoms with Gasteiger partial charge in [0.05, 0.1) is 12.6 Å². The van der Waals surface area contributed by atoms with Gasteiger partial charge in [0.25, 0.3) is 0 Å². The topological polar surface area (TPSA) is 21.3 Å². The number of rotatable bonds is 6. The first-order chi connectivity index (χ1) is 8.81. The maximum absolute atomic E-state index is 13.3. The Kier molecular flexibility index (Phi) is 5.75. The molecule has 0 aliphatic heterocycles. The molecule has 1 unspecified atom stereocenters. The highest BCUT2D eigenvalue weighted by Gasteiger charge is 2.28. The zero-order valence-electron chi connectivity index (χ0n) is 10.9. The van der Waals surface area contributed by atoms with Crippen molar-refractivity contribution < 1.29 is 22.3 Å². The SMILES string of the molecule is CCNC(COCC(F)(F)F)c1cc(C)cc(F)c1. The Morgan fingerprint density at radius 1 is 1.26 bits per heavy atom. The van der Waals surface area contributed by atoms with Crippen LogP contribution < -0.4 is 5.32 Å². The quantitative estimate of drug-likeness (QED) is 0.806. The second-order valence-corrected chi connectivity index (χ2v) is 4.30. The Hall–Kier alpha value is -1.14. The third kappa shape index (κ3) is 6.02. The van der Waals surface area contributed by atoms with Crippen molar-refractivity contribution in [1.82, 2.24) is 5.32 Å². The summed E-state index contributed by atoms with van der Waals surface area (Å²) in [6.45, 7) is 2.64. The Labute approximate surface area is 109 Å². The molecule has 1 N–H and O–H groups in total. The van der Waals surface area contributed by atoms with Crippen molar-refractivity contribution in [1.29, 1.82) is 0 Å². The predicted octanol–water partition coefficient (Wildman–Crippen LogP) is 3.36. The number of likely N-dealkylation sites (N-methyl/N-ethyl adjacent to an activating group) is 1. The van der Waals surface area contributed by atoms with E-state index < -0.39 is 24.6 Å². The second kappa shape index (κ2) is 6.86. The van der Waals surface area contributed by atoms with Gasteiger partial charge in [-0.25, -0.2) is 4.39 Å². The Morgan fingerprint density at radius 3 is 2.47 bits per heavy atom. The van der Waals surface area contributed by atoms with E-state index in [1.807, 2.05) is 6.92 Å². The van der Waals surface area contributed by atoms with Crippen molar-refractivity contribution in [3.05, 3.63) is 35.1 Å². The summed E-state index contributed by atoms with van der Waals surface area (Å²) in [5.74, 6) is -0.409. The fourth-order valence-electron chi connectivity index (χ4n) is 1.78. The molecule has 0 bridgehead atoms. The van der Waals surface area contributed by atoms with Gasteiger partial charge in [0.2, 0.25) is 0 Å². The molecule has 0 aromatic heterocycles. The molecule has 1 atom stereocenters. The van der Waals surface area contributed by atoms with Crippen molar-refractivity contribution >= 4 is 0 Å². The van der Waals surface area contributed by atoms with E-state index in [1.165, 1.54) is 12.1 Å². The number of alkyl halides is 3. The number of benzene rings is 1. The van der Waals surface area contributed by atoms with E-state index in [2.05, 4.69) is 10.1 Å². The lowest BCUT2D eigenvalue weighted by Crippen LogP contribution is -2.28. The van der Waals surface area contributed by atoms with Crippen LogP contribution in [0.25, 0.3) is 0 Å². The molecular formula is C13H17F4NO. The standard InChI is InChI=1S/C13H17F4NO/c1-3-18-12(7-19-8-13(15,16)17)10-4-9(2)5-11(14)6-10/h4-6,12,18H,3,7-8H2,1-2H3. The van der Waals surface area contributed by atoms with E-state index in [4.69, 9.17) is 0 Å². The highest BCUT2D eigenvalue weighted by atomic mass is 19.4. The normalized spacial score (nSPS) is 13.6. The van der Waals surface area contributed by atoms with Gasteiger partial charge < -0.3 is 10.1 Å². The molecule has 0 spiro atoms. The van der Waals surface area contributed by atoms with Gasteiger partial charge in [-0.3, -0.25) is 0 Å². The van der Waals surface area contributed by atoms with Gasteiger partial charge in [-0.2, -0.15) is 13.2 Å². The number of hydrogen-bond donors (Lipinski definition) is 1. The maximum Gasteiger partial charge on any atom is 0.411 e. The van der Waals surface area contributed by atoms with Crippen molar-refractivity contribution in [2.45, 2.75) is 26.1 Å². The molecule has 108 valence electrons. The molecule has 0 saturated heterocycles. The summed E-state index contributed by atoms with van der Waals surface area (Å²) in [6.07, 6.45) is -4.35. The van der Waals surface area contributed by atoms with Crippen LogP contribution >= 0.6 is 0 Å². The molecule has 0 radical (unpaired) electrons. The van der Waals surface area contributed by atoms with Crippen LogP contribution in [0, 0.1) is 12.7 Å². The van der Waals surface area contributed by atoms with Crippen LogP contribution in [-0.4, -0.2) is 25.9 Å². The fraction of sp³-hybridized carbons (Fsp3) is 0.538. The third-order valence-electron chi connectivity index (χ3n) is 2.47. The molecule has 0 aliphatic carbocycles. The summed E-state index contributed by atoms with van der Waals surface area (Å²) >= 11 is 0. The second-order valence-electron chi connectivity index (χ2n) is 4.30. The summed E-state index contributed by atoms with van der Waals surface area (Å²) in [5.41, 5.74) is 1.30. The molecule has 1 aromatic rings. The summed E-state index contributed by atoms with van der Waals surface area (Å²) in [5, 5.41) is 2.98. The minimum Gasteiger partial charge on any atom is -0.370 e. The molecule has 6 heteroatoms.